The molecule has 0 radical (unpaired) electrons. The van der Waals surface area contributed by atoms with E-state index in [4.69, 9.17) is 0 Å². The van der Waals surface area contributed by atoms with Gasteiger partial charge in [-0.1, -0.05) is 55.0 Å². The third kappa shape index (κ3) is 6.09. The molecule has 2 rings (SSSR count). The van der Waals surface area contributed by atoms with Crippen molar-refractivity contribution < 1.29 is 14.0 Å². The number of thioether (sulfide) groups is 1. The second kappa shape index (κ2) is 10.9. The number of hydrogen-bond donors (Lipinski definition) is 1. The maximum Gasteiger partial charge on any atom is 0.242 e. The van der Waals surface area contributed by atoms with Gasteiger partial charge in [-0.2, -0.15) is 0 Å². The predicted molar refractivity (Wildman–Crippen MR) is 112 cm³/mol. The molecule has 4 nitrogen and oxygen atoms in total. The molecule has 0 fully saturated rings. The topological polar surface area (TPSA) is 49.4 Å². The number of nitrogens with zero attached hydrogens (tertiary/aromatic N) is 1. The maximum absolute atomic E-state index is 13.8. The Balaban J connectivity index is 2.11. The van der Waals surface area contributed by atoms with Crippen LogP contribution < -0.4 is 5.32 Å². The van der Waals surface area contributed by atoms with Crippen LogP contribution in [0, 0.1) is 12.7 Å². The molecule has 0 bridgehead atoms. The Labute approximate surface area is 170 Å². The highest BCUT2D eigenvalue weighted by Crippen LogP contribution is 2.19. The Bertz CT molecular complexity index is 813. The van der Waals surface area contributed by atoms with Gasteiger partial charge >= 0.3 is 0 Å². The number of amides is 2. The summed E-state index contributed by atoms with van der Waals surface area (Å²) in [5.74, 6) is 0.0259. The minimum absolute atomic E-state index is 0.127. The first-order valence-corrected chi connectivity index (χ1v) is 10.5. The van der Waals surface area contributed by atoms with Crippen LogP contribution in [0.4, 0.5) is 4.39 Å². The van der Waals surface area contributed by atoms with Crippen molar-refractivity contribution in [2.45, 2.75) is 38.6 Å². The highest BCUT2D eigenvalue weighted by molar-refractivity contribution is 7.99. The van der Waals surface area contributed by atoms with E-state index in [1.807, 2.05) is 38.1 Å². The van der Waals surface area contributed by atoms with Crippen LogP contribution in [-0.2, 0) is 21.9 Å². The van der Waals surface area contributed by atoms with Crippen molar-refractivity contribution in [2.75, 3.05) is 12.8 Å². The molecule has 0 aromatic heterocycles. The van der Waals surface area contributed by atoms with E-state index in [9.17, 15) is 14.0 Å². The van der Waals surface area contributed by atoms with Crippen LogP contribution in [0.2, 0.25) is 0 Å². The van der Waals surface area contributed by atoms with Gasteiger partial charge in [-0.25, -0.2) is 4.39 Å². The van der Waals surface area contributed by atoms with Gasteiger partial charge in [-0.3, -0.25) is 9.59 Å². The average molecular weight is 403 g/mol. The van der Waals surface area contributed by atoms with Crippen molar-refractivity contribution >= 4 is 23.6 Å². The lowest BCUT2D eigenvalue weighted by atomic mass is 10.1. The first-order chi connectivity index (χ1) is 13.5. The van der Waals surface area contributed by atoms with Crippen molar-refractivity contribution in [1.29, 1.82) is 0 Å². The molecule has 0 aliphatic rings. The molecule has 0 aliphatic heterocycles. The minimum Gasteiger partial charge on any atom is -0.357 e. The molecule has 0 aliphatic carbocycles. The van der Waals surface area contributed by atoms with Crippen molar-refractivity contribution in [1.82, 2.24) is 10.2 Å². The van der Waals surface area contributed by atoms with Gasteiger partial charge in [0.1, 0.15) is 11.9 Å². The van der Waals surface area contributed by atoms with Gasteiger partial charge in [0, 0.05) is 19.3 Å². The number of benzene rings is 2. The molecule has 0 spiro atoms. The van der Waals surface area contributed by atoms with E-state index in [0.29, 0.717) is 24.3 Å². The van der Waals surface area contributed by atoms with Crippen molar-refractivity contribution in [3.63, 3.8) is 0 Å². The molecule has 6 heteroatoms. The van der Waals surface area contributed by atoms with E-state index in [2.05, 4.69) is 5.32 Å². The summed E-state index contributed by atoms with van der Waals surface area (Å²) >= 11 is 1.35. The summed E-state index contributed by atoms with van der Waals surface area (Å²) in [5, 5.41) is 2.65. The standard InChI is InChI=1S/C22H27FN2O2S/c1-4-20(22(27)24-3)25(13-17-9-7-8-16(2)12-17)21(26)15-28-14-18-10-5-6-11-19(18)23/h5-12,20H,4,13-15H2,1-3H3,(H,24,27)/t20-/m0/s1. The lowest BCUT2D eigenvalue weighted by Gasteiger charge is -2.30. The predicted octanol–water partition coefficient (Wildman–Crippen LogP) is 3.92. The Hall–Kier alpha value is -2.34. The lowest BCUT2D eigenvalue weighted by Crippen LogP contribution is -2.48. The number of likely N-dealkylation sites (N-methyl/N-ethyl adjacent to an activating group) is 1. The summed E-state index contributed by atoms with van der Waals surface area (Å²) in [6, 6.07) is 13.9. The summed E-state index contributed by atoms with van der Waals surface area (Å²) < 4.78 is 13.8. The Kier molecular flexibility index (Phi) is 8.51. The molecular weight excluding hydrogens is 375 g/mol. The molecule has 2 amide bonds. The summed E-state index contributed by atoms with van der Waals surface area (Å²) in [5.41, 5.74) is 2.66. The molecule has 1 N–H and O–H groups in total. The SMILES string of the molecule is CC[C@@H](C(=O)NC)N(Cc1cccc(C)c1)C(=O)CSCc1ccccc1F. The Morgan fingerprint density at radius 1 is 1.18 bits per heavy atom. The third-order valence-electron chi connectivity index (χ3n) is 4.51. The van der Waals surface area contributed by atoms with Crippen molar-refractivity contribution in [2.24, 2.45) is 0 Å². The zero-order chi connectivity index (χ0) is 20.5. The van der Waals surface area contributed by atoms with Gasteiger partial charge in [-0.05, 0) is 30.5 Å². The second-order valence-corrected chi connectivity index (χ2v) is 7.62. The third-order valence-corrected chi connectivity index (χ3v) is 5.47. The Morgan fingerprint density at radius 3 is 2.57 bits per heavy atom. The molecule has 1 atom stereocenters. The fourth-order valence-electron chi connectivity index (χ4n) is 3.04. The fraction of sp³-hybridized carbons (Fsp3) is 0.364. The minimum atomic E-state index is -0.535. The van der Waals surface area contributed by atoms with E-state index >= 15 is 0 Å². The zero-order valence-electron chi connectivity index (χ0n) is 16.6. The van der Waals surface area contributed by atoms with Gasteiger partial charge in [-0.15, -0.1) is 11.8 Å². The second-order valence-electron chi connectivity index (χ2n) is 6.63. The highest BCUT2D eigenvalue weighted by Gasteiger charge is 2.27. The largest absolute Gasteiger partial charge is 0.357 e. The van der Waals surface area contributed by atoms with Crippen LogP contribution in [0.3, 0.4) is 0 Å². The number of nitrogens with one attached hydrogen (secondary N) is 1. The van der Waals surface area contributed by atoms with Crippen LogP contribution in [0.15, 0.2) is 48.5 Å². The van der Waals surface area contributed by atoms with Crippen LogP contribution in [-0.4, -0.2) is 35.6 Å². The monoisotopic (exact) mass is 402 g/mol. The number of carbonyl (C=O) groups is 2. The van der Waals surface area contributed by atoms with Crippen LogP contribution in [0.25, 0.3) is 0 Å². The quantitative estimate of drug-likeness (QED) is 0.692. The smallest absolute Gasteiger partial charge is 0.242 e. The molecule has 28 heavy (non-hydrogen) atoms. The van der Waals surface area contributed by atoms with Gasteiger partial charge in [0.15, 0.2) is 0 Å². The summed E-state index contributed by atoms with van der Waals surface area (Å²) in [4.78, 5) is 26.9. The molecule has 150 valence electrons. The number of carbonyl (C=O) groups excluding carboxylic acids is 2. The van der Waals surface area contributed by atoms with Gasteiger partial charge in [0.2, 0.25) is 11.8 Å². The first kappa shape index (κ1) is 22.0. The lowest BCUT2D eigenvalue weighted by molar-refractivity contribution is -0.139. The van der Waals surface area contributed by atoms with E-state index < -0.39 is 6.04 Å². The van der Waals surface area contributed by atoms with E-state index in [-0.39, 0.29) is 23.4 Å². The first-order valence-electron chi connectivity index (χ1n) is 9.34. The fourth-order valence-corrected chi connectivity index (χ4v) is 3.94. The summed E-state index contributed by atoms with van der Waals surface area (Å²) in [6.45, 7) is 4.26. The normalized spacial score (nSPS) is 11.7. The van der Waals surface area contributed by atoms with E-state index in [1.54, 1.807) is 30.1 Å². The van der Waals surface area contributed by atoms with Crippen LogP contribution in [0.5, 0.6) is 0 Å². The van der Waals surface area contributed by atoms with Crippen molar-refractivity contribution in [3.8, 4) is 0 Å². The van der Waals surface area contributed by atoms with E-state index in [0.717, 1.165) is 11.1 Å². The van der Waals surface area contributed by atoms with Gasteiger partial charge in [0.05, 0.1) is 5.75 Å². The maximum atomic E-state index is 13.8. The average Bonchev–Trinajstić information content (AvgIpc) is 2.69. The highest BCUT2D eigenvalue weighted by atomic mass is 32.2. The number of rotatable bonds is 9. The molecule has 0 heterocycles. The Morgan fingerprint density at radius 2 is 1.93 bits per heavy atom. The molecule has 0 saturated heterocycles. The zero-order valence-corrected chi connectivity index (χ0v) is 17.4. The molecule has 2 aromatic carbocycles. The summed E-state index contributed by atoms with van der Waals surface area (Å²) in [7, 11) is 1.58. The van der Waals surface area contributed by atoms with Crippen LogP contribution >= 0.6 is 11.8 Å². The molecule has 0 unspecified atom stereocenters. The number of halogens is 1. The van der Waals surface area contributed by atoms with E-state index in [1.165, 1.54) is 17.8 Å². The van der Waals surface area contributed by atoms with Crippen molar-refractivity contribution in [3.05, 3.63) is 71.0 Å². The van der Waals surface area contributed by atoms with Gasteiger partial charge < -0.3 is 10.2 Å². The van der Waals surface area contributed by atoms with Crippen LogP contribution in [0.1, 0.15) is 30.0 Å². The number of hydrogen-bond acceptors (Lipinski definition) is 3. The molecular formula is C22H27FN2O2S. The molecule has 2 aromatic rings. The number of aryl methyl sites for hydroxylation is 1. The summed E-state index contributed by atoms with van der Waals surface area (Å²) in [6.07, 6.45) is 0.523. The van der Waals surface area contributed by atoms with Gasteiger partial charge in [0.25, 0.3) is 0 Å². The molecule has 0 saturated carbocycles.